The van der Waals surface area contributed by atoms with Crippen molar-refractivity contribution < 1.29 is 0 Å². The van der Waals surface area contributed by atoms with Crippen LogP contribution < -0.4 is 0 Å². The van der Waals surface area contributed by atoms with Crippen molar-refractivity contribution in [3.05, 3.63) is 88.9 Å². The highest BCUT2D eigenvalue weighted by atomic mass is 79.9. The topological polar surface area (TPSA) is 0 Å². The maximum absolute atomic E-state index is 4.22. The minimum Gasteiger partial charge on any atom is -0.0906 e. The van der Waals surface area contributed by atoms with Crippen molar-refractivity contribution in [2.24, 2.45) is 0 Å². The van der Waals surface area contributed by atoms with Crippen molar-refractivity contribution in [3.63, 3.8) is 0 Å². The molecule has 0 nitrogen and oxygen atoms in total. The van der Waals surface area contributed by atoms with Gasteiger partial charge in [-0.2, -0.15) is 0 Å². The maximum Gasteiger partial charge on any atom is 0.0181 e. The molecule has 1 heteroatoms. The highest BCUT2D eigenvalue weighted by molar-refractivity contribution is 9.10. The van der Waals surface area contributed by atoms with Crippen LogP contribution in [-0.4, -0.2) is 0 Å². The van der Waals surface area contributed by atoms with Crippen molar-refractivity contribution in [2.75, 3.05) is 0 Å². The van der Waals surface area contributed by atoms with Crippen molar-refractivity contribution in [2.45, 2.75) is 0 Å². The highest BCUT2D eigenvalue weighted by Crippen LogP contribution is 2.26. The Morgan fingerprint density at radius 1 is 0.737 bits per heavy atom. The molecule has 0 aliphatic carbocycles. The summed E-state index contributed by atoms with van der Waals surface area (Å²) in [6, 6.07) is 23.1. The summed E-state index contributed by atoms with van der Waals surface area (Å²) in [5, 5.41) is 2.50. The van der Waals surface area contributed by atoms with Gasteiger partial charge in [-0.05, 0) is 45.7 Å². The number of hydrogen-bond acceptors (Lipinski definition) is 0. The Morgan fingerprint density at radius 3 is 2.26 bits per heavy atom. The first-order valence-electron chi connectivity index (χ1n) is 6.18. The number of hydrogen-bond donors (Lipinski definition) is 0. The Hall–Kier alpha value is -1.86. The van der Waals surface area contributed by atoms with Crippen LogP contribution in [0.2, 0.25) is 0 Å². The van der Waals surface area contributed by atoms with Crippen molar-refractivity contribution in [1.82, 2.24) is 0 Å². The Labute approximate surface area is 121 Å². The van der Waals surface area contributed by atoms with Crippen LogP contribution in [0.3, 0.4) is 0 Å². The molecule has 0 saturated carbocycles. The molecular formula is C18H13Br. The third kappa shape index (κ3) is 2.47. The molecule has 19 heavy (non-hydrogen) atoms. The molecule has 3 aromatic carbocycles. The monoisotopic (exact) mass is 308 g/mol. The zero-order valence-corrected chi connectivity index (χ0v) is 12.0. The Bertz CT molecular complexity index is 756. The van der Waals surface area contributed by atoms with Gasteiger partial charge >= 0.3 is 0 Å². The molecule has 0 bridgehead atoms. The number of rotatable bonds is 2. The summed E-state index contributed by atoms with van der Waals surface area (Å²) >= 11 is 3.50. The molecular weight excluding hydrogens is 296 g/mol. The summed E-state index contributed by atoms with van der Waals surface area (Å²) in [5.41, 5.74) is 3.36. The van der Waals surface area contributed by atoms with Crippen LogP contribution in [0.25, 0.3) is 16.3 Å². The fourth-order valence-corrected chi connectivity index (χ4v) is 2.62. The van der Waals surface area contributed by atoms with Crippen LogP contribution in [0.4, 0.5) is 0 Å². The molecule has 0 heterocycles. The molecule has 0 aliphatic heterocycles. The third-order valence-electron chi connectivity index (χ3n) is 3.27. The second-order valence-corrected chi connectivity index (χ2v) is 5.47. The van der Waals surface area contributed by atoms with E-state index in [-0.39, 0.29) is 0 Å². The fraction of sp³-hybridized carbons (Fsp3) is 0. The van der Waals surface area contributed by atoms with Crippen molar-refractivity contribution in [1.29, 1.82) is 0 Å². The summed E-state index contributed by atoms with van der Waals surface area (Å²) in [6.07, 6.45) is 0. The van der Waals surface area contributed by atoms with Gasteiger partial charge in [-0.3, -0.25) is 0 Å². The van der Waals surface area contributed by atoms with Gasteiger partial charge in [0.2, 0.25) is 0 Å². The Kier molecular flexibility index (Phi) is 3.22. The molecule has 0 aromatic heterocycles. The first-order chi connectivity index (χ1) is 9.24. The molecule has 0 amide bonds. The van der Waals surface area contributed by atoms with Gasteiger partial charge in [-0.15, -0.1) is 0 Å². The van der Waals surface area contributed by atoms with E-state index in [1.165, 1.54) is 10.8 Å². The van der Waals surface area contributed by atoms with E-state index in [0.29, 0.717) is 0 Å². The molecule has 3 rings (SSSR count). The minimum atomic E-state index is 1.05. The standard InChI is InChI=1S/C18H13Br/c1-13(15-7-4-8-18(19)12-15)16-10-9-14-5-2-3-6-17(14)11-16/h2-12H,1H2. The lowest BCUT2D eigenvalue weighted by molar-refractivity contribution is 1.55. The molecule has 0 saturated heterocycles. The van der Waals surface area contributed by atoms with Crippen LogP contribution >= 0.6 is 15.9 Å². The van der Waals surface area contributed by atoms with Crippen molar-refractivity contribution in [3.8, 4) is 0 Å². The maximum atomic E-state index is 4.22. The minimum absolute atomic E-state index is 1.05. The zero-order chi connectivity index (χ0) is 13.2. The van der Waals surface area contributed by atoms with E-state index in [2.05, 4.69) is 77.1 Å². The van der Waals surface area contributed by atoms with Crippen LogP contribution in [0, 0.1) is 0 Å². The summed E-state index contributed by atoms with van der Waals surface area (Å²) in [6.45, 7) is 4.22. The van der Waals surface area contributed by atoms with E-state index in [1.54, 1.807) is 0 Å². The normalized spacial score (nSPS) is 10.6. The molecule has 0 aliphatic rings. The molecule has 0 spiro atoms. The second-order valence-electron chi connectivity index (χ2n) is 4.55. The predicted octanol–water partition coefficient (Wildman–Crippen LogP) is 5.66. The summed E-state index contributed by atoms with van der Waals surface area (Å²) in [4.78, 5) is 0. The van der Waals surface area contributed by atoms with E-state index in [4.69, 9.17) is 0 Å². The van der Waals surface area contributed by atoms with Crippen LogP contribution in [-0.2, 0) is 0 Å². The van der Waals surface area contributed by atoms with Gasteiger partial charge in [0.05, 0.1) is 0 Å². The molecule has 0 fully saturated rings. The summed E-state index contributed by atoms with van der Waals surface area (Å²) in [7, 11) is 0. The van der Waals surface area contributed by atoms with Crippen LogP contribution in [0.15, 0.2) is 77.8 Å². The first kappa shape index (κ1) is 12.2. The smallest absolute Gasteiger partial charge is 0.0181 e. The van der Waals surface area contributed by atoms with Crippen LogP contribution in [0.5, 0.6) is 0 Å². The van der Waals surface area contributed by atoms with Gasteiger partial charge in [0, 0.05) is 4.47 Å². The average Bonchev–Trinajstić information content (AvgIpc) is 2.46. The van der Waals surface area contributed by atoms with Gasteiger partial charge in [-0.25, -0.2) is 0 Å². The van der Waals surface area contributed by atoms with E-state index in [0.717, 1.165) is 21.2 Å². The van der Waals surface area contributed by atoms with Crippen LogP contribution in [0.1, 0.15) is 11.1 Å². The van der Waals surface area contributed by atoms with Gasteiger partial charge < -0.3 is 0 Å². The molecule has 92 valence electrons. The SMILES string of the molecule is C=C(c1cccc(Br)c1)c1ccc2ccccc2c1. The average molecular weight is 309 g/mol. The predicted molar refractivity (Wildman–Crippen MR) is 86.2 cm³/mol. The number of fused-ring (bicyclic) bond motifs is 1. The van der Waals surface area contributed by atoms with Gasteiger partial charge in [0.1, 0.15) is 0 Å². The number of halogens is 1. The number of benzene rings is 3. The third-order valence-corrected chi connectivity index (χ3v) is 3.76. The van der Waals surface area contributed by atoms with Gasteiger partial charge in [-0.1, -0.05) is 71.0 Å². The highest BCUT2D eigenvalue weighted by Gasteiger charge is 2.03. The Morgan fingerprint density at radius 2 is 1.47 bits per heavy atom. The summed E-state index contributed by atoms with van der Waals surface area (Å²) in [5.74, 6) is 0. The van der Waals surface area contributed by atoms with Gasteiger partial charge in [0.25, 0.3) is 0 Å². The lowest BCUT2D eigenvalue weighted by atomic mass is 9.97. The van der Waals surface area contributed by atoms with Crippen molar-refractivity contribution >= 4 is 32.3 Å². The van der Waals surface area contributed by atoms with Gasteiger partial charge in [0.15, 0.2) is 0 Å². The summed E-state index contributed by atoms with van der Waals surface area (Å²) < 4.78 is 1.08. The Balaban J connectivity index is 2.06. The largest absolute Gasteiger partial charge is 0.0906 e. The molecule has 3 aromatic rings. The van der Waals surface area contributed by atoms with E-state index in [9.17, 15) is 0 Å². The van der Waals surface area contributed by atoms with E-state index < -0.39 is 0 Å². The van der Waals surface area contributed by atoms with E-state index in [1.807, 2.05) is 12.1 Å². The fourth-order valence-electron chi connectivity index (χ4n) is 2.22. The first-order valence-corrected chi connectivity index (χ1v) is 6.97. The lowest BCUT2D eigenvalue weighted by Crippen LogP contribution is -1.86. The second kappa shape index (κ2) is 5.02. The molecule has 0 N–H and O–H groups in total. The molecule has 0 atom stereocenters. The molecule has 0 unspecified atom stereocenters. The molecule has 0 radical (unpaired) electrons. The quantitative estimate of drug-likeness (QED) is 0.572. The van der Waals surface area contributed by atoms with E-state index >= 15 is 0 Å². The zero-order valence-electron chi connectivity index (χ0n) is 10.4. The lowest BCUT2D eigenvalue weighted by Gasteiger charge is -2.08.